The van der Waals surface area contributed by atoms with Crippen LogP contribution in [0.15, 0.2) is 30.5 Å². The lowest BCUT2D eigenvalue weighted by atomic mass is 10.2. The van der Waals surface area contributed by atoms with E-state index in [0.717, 1.165) is 6.20 Å². The van der Waals surface area contributed by atoms with Gasteiger partial charge in [0.2, 0.25) is 11.9 Å². The molecule has 4 N–H and O–H groups in total. The predicted molar refractivity (Wildman–Crippen MR) is 101 cm³/mol. The first kappa shape index (κ1) is 24.1. The summed E-state index contributed by atoms with van der Waals surface area (Å²) in [6.07, 6.45) is -3.50. The second-order valence-corrected chi connectivity index (χ2v) is 5.90. The summed E-state index contributed by atoms with van der Waals surface area (Å²) in [7, 11) is 0. The number of alkyl halides is 3. The van der Waals surface area contributed by atoms with Crippen molar-refractivity contribution in [1.82, 2.24) is 20.6 Å². The third kappa shape index (κ3) is 9.21. The van der Waals surface area contributed by atoms with Crippen molar-refractivity contribution in [3.8, 4) is 0 Å². The van der Waals surface area contributed by atoms with Crippen molar-refractivity contribution in [3.63, 3.8) is 0 Å². The fraction of sp³-hybridized carbons (Fsp3) is 0.294. The SMILES string of the molecule is CC(=O)NCCNCc1cnc(Nc2cccc(Cl)c2)nc1C(F)(F)F.O=CO. The molecule has 0 spiro atoms. The first-order valence-electron chi connectivity index (χ1n) is 8.16. The Morgan fingerprint density at radius 3 is 2.59 bits per heavy atom. The highest BCUT2D eigenvalue weighted by atomic mass is 35.5. The Balaban J connectivity index is 0.00000132. The van der Waals surface area contributed by atoms with Gasteiger partial charge >= 0.3 is 6.18 Å². The molecule has 0 unspecified atom stereocenters. The Morgan fingerprint density at radius 2 is 2.00 bits per heavy atom. The number of nitrogens with one attached hydrogen (secondary N) is 3. The van der Waals surface area contributed by atoms with Gasteiger partial charge in [0.05, 0.1) is 0 Å². The van der Waals surface area contributed by atoms with Crippen LogP contribution in [0.5, 0.6) is 0 Å². The van der Waals surface area contributed by atoms with E-state index in [1.165, 1.54) is 6.92 Å². The second-order valence-electron chi connectivity index (χ2n) is 5.47. The Morgan fingerprint density at radius 1 is 1.31 bits per heavy atom. The van der Waals surface area contributed by atoms with Crippen molar-refractivity contribution < 1.29 is 27.9 Å². The maximum Gasteiger partial charge on any atom is 0.433 e. The fourth-order valence-corrected chi connectivity index (χ4v) is 2.28. The van der Waals surface area contributed by atoms with Gasteiger partial charge in [-0.05, 0) is 18.2 Å². The number of anilines is 2. The van der Waals surface area contributed by atoms with Crippen LogP contribution in [-0.2, 0) is 22.3 Å². The molecule has 12 heteroatoms. The number of aromatic nitrogens is 2. The van der Waals surface area contributed by atoms with E-state index < -0.39 is 11.9 Å². The molecule has 0 radical (unpaired) electrons. The number of carbonyl (C=O) groups is 2. The minimum Gasteiger partial charge on any atom is -0.483 e. The number of carbonyl (C=O) groups excluding carboxylic acids is 1. The van der Waals surface area contributed by atoms with Gasteiger partial charge in [-0.2, -0.15) is 13.2 Å². The van der Waals surface area contributed by atoms with Crippen molar-refractivity contribution in [2.45, 2.75) is 19.6 Å². The molecular formula is C17H19ClF3N5O3. The predicted octanol–water partition coefficient (Wildman–Crippen LogP) is 2.82. The maximum absolute atomic E-state index is 13.3. The molecule has 0 aliphatic heterocycles. The smallest absolute Gasteiger partial charge is 0.433 e. The molecule has 8 nitrogen and oxygen atoms in total. The van der Waals surface area contributed by atoms with Gasteiger partial charge < -0.3 is 21.1 Å². The normalized spacial score (nSPS) is 10.5. The van der Waals surface area contributed by atoms with Crippen LogP contribution in [0.2, 0.25) is 5.02 Å². The van der Waals surface area contributed by atoms with Crippen molar-refractivity contribution >= 4 is 35.6 Å². The molecule has 1 heterocycles. The monoisotopic (exact) mass is 433 g/mol. The van der Waals surface area contributed by atoms with Crippen LogP contribution < -0.4 is 16.0 Å². The summed E-state index contributed by atoms with van der Waals surface area (Å²) < 4.78 is 39.9. The average molecular weight is 434 g/mol. The van der Waals surface area contributed by atoms with E-state index in [0.29, 0.717) is 23.8 Å². The highest BCUT2D eigenvalue weighted by molar-refractivity contribution is 6.30. The molecule has 1 amide bonds. The molecule has 0 aliphatic carbocycles. The Kier molecular flexibility index (Phi) is 9.83. The van der Waals surface area contributed by atoms with Crippen molar-refractivity contribution in [2.24, 2.45) is 0 Å². The molecule has 158 valence electrons. The van der Waals surface area contributed by atoms with E-state index in [4.69, 9.17) is 21.5 Å². The van der Waals surface area contributed by atoms with E-state index in [-0.39, 0.29) is 30.4 Å². The number of hydrogen-bond acceptors (Lipinski definition) is 6. The Labute approximate surface area is 169 Å². The summed E-state index contributed by atoms with van der Waals surface area (Å²) >= 11 is 5.85. The minimum absolute atomic E-state index is 0.0775. The second kappa shape index (κ2) is 11.8. The molecule has 0 bridgehead atoms. The van der Waals surface area contributed by atoms with E-state index in [9.17, 15) is 18.0 Å². The molecule has 29 heavy (non-hydrogen) atoms. The lowest BCUT2D eigenvalue weighted by molar-refractivity contribution is -0.141. The van der Waals surface area contributed by atoms with Crippen LogP contribution in [0.4, 0.5) is 24.8 Å². The zero-order valence-electron chi connectivity index (χ0n) is 15.3. The first-order valence-corrected chi connectivity index (χ1v) is 8.54. The van der Waals surface area contributed by atoms with E-state index in [2.05, 4.69) is 25.9 Å². The van der Waals surface area contributed by atoms with Gasteiger partial charge in [-0.3, -0.25) is 9.59 Å². The van der Waals surface area contributed by atoms with Crippen molar-refractivity contribution in [1.29, 1.82) is 0 Å². The van der Waals surface area contributed by atoms with Gasteiger partial charge in [0.25, 0.3) is 6.47 Å². The third-order valence-electron chi connectivity index (χ3n) is 3.20. The summed E-state index contributed by atoms with van der Waals surface area (Å²) in [6, 6.07) is 6.49. The van der Waals surface area contributed by atoms with E-state index >= 15 is 0 Å². The number of carboxylic acid groups (broad SMARTS) is 1. The molecule has 1 aromatic heterocycles. The standard InChI is InChI=1S/C16H17ClF3N5O.CH2O2/c1-10(26)22-6-5-21-8-11-9-23-15(25-14(11)16(18,19)20)24-13-4-2-3-12(17)7-13;2-1-3/h2-4,7,9,21H,5-6,8H2,1H3,(H,22,26)(H,23,24,25);1H,(H,2,3). The summed E-state index contributed by atoms with van der Waals surface area (Å²) in [5.74, 6) is -0.385. The topological polar surface area (TPSA) is 116 Å². The fourth-order valence-electron chi connectivity index (χ4n) is 2.09. The highest BCUT2D eigenvalue weighted by Gasteiger charge is 2.36. The number of nitrogens with zero attached hydrogens (tertiary/aromatic N) is 2. The number of hydrogen-bond donors (Lipinski definition) is 4. The molecule has 0 fully saturated rings. The van der Waals surface area contributed by atoms with Gasteiger partial charge in [0.15, 0.2) is 5.69 Å². The Hall–Kier alpha value is -2.92. The molecule has 0 saturated carbocycles. The van der Waals surface area contributed by atoms with Gasteiger partial charge in [0.1, 0.15) is 0 Å². The number of amides is 1. The zero-order valence-corrected chi connectivity index (χ0v) is 16.0. The van der Waals surface area contributed by atoms with E-state index in [1.807, 2.05) is 0 Å². The molecule has 0 atom stereocenters. The third-order valence-corrected chi connectivity index (χ3v) is 3.44. The maximum atomic E-state index is 13.3. The summed E-state index contributed by atoms with van der Waals surface area (Å²) in [6.45, 7) is 1.67. The van der Waals surface area contributed by atoms with Crippen LogP contribution in [0.1, 0.15) is 18.2 Å². The molecule has 2 aromatic rings. The zero-order chi connectivity index (χ0) is 21.9. The van der Waals surface area contributed by atoms with E-state index in [1.54, 1.807) is 24.3 Å². The molecule has 1 aromatic carbocycles. The van der Waals surface area contributed by atoms with Crippen LogP contribution in [0.25, 0.3) is 0 Å². The van der Waals surface area contributed by atoms with Gasteiger partial charge in [-0.1, -0.05) is 17.7 Å². The largest absolute Gasteiger partial charge is 0.483 e. The summed E-state index contributed by atoms with van der Waals surface area (Å²) in [4.78, 5) is 26.6. The van der Waals surface area contributed by atoms with Crippen LogP contribution in [-0.4, -0.2) is 40.5 Å². The van der Waals surface area contributed by atoms with Crippen molar-refractivity contribution in [2.75, 3.05) is 18.4 Å². The van der Waals surface area contributed by atoms with Gasteiger partial charge in [-0.25, -0.2) is 9.97 Å². The number of rotatable bonds is 7. The minimum atomic E-state index is -4.62. The van der Waals surface area contributed by atoms with Gasteiger partial charge in [0, 0.05) is 49.0 Å². The van der Waals surface area contributed by atoms with Gasteiger partial charge in [-0.15, -0.1) is 0 Å². The quantitative estimate of drug-likeness (QED) is 0.392. The molecule has 0 saturated heterocycles. The number of benzene rings is 1. The van der Waals surface area contributed by atoms with Crippen LogP contribution in [0.3, 0.4) is 0 Å². The molecular weight excluding hydrogens is 415 g/mol. The average Bonchev–Trinajstić information content (AvgIpc) is 2.62. The summed E-state index contributed by atoms with van der Waals surface area (Å²) in [5.41, 5.74) is -0.632. The van der Waals surface area contributed by atoms with Crippen molar-refractivity contribution in [3.05, 3.63) is 46.7 Å². The molecule has 0 aliphatic rings. The number of halogens is 4. The lowest BCUT2D eigenvalue weighted by Gasteiger charge is -2.14. The highest BCUT2D eigenvalue weighted by Crippen LogP contribution is 2.31. The van der Waals surface area contributed by atoms with Crippen LogP contribution >= 0.6 is 11.6 Å². The summed E-state index contributed by atoms with van der Waals surface area (Å²) in [5, 5.41) is 15.4. The van der Waals surface area contributed by atoms with Crippen LogP contribution in [0, 0.1) is 0 Å². The lowest BCUT2D eigenvalue weighted by Crippen LogP contribution is -2.30. The molecule has 2 rings (SSSR count). The first-order chi connectivity index (χ1) is 13.7. The Bertz CT molecular complexity index is 821.